The van der Waals surface area contributed by atoms with E-state index in [4.69, 9.17) is 4.74 Å². The summed E-state index contributed by atoms with van der Waals surface area (Å²) in [6.45, 7) is 2.64. The second kappa shape index (κ2) is 5.86. The van der Waals surface area contributed by atoms with Gasteiger partial charge in [0.05, 0.1) is 12.0 Å². The molecule has 0 bridgehead atoms. The van der Waals surface area contributed by atoms with Crippen LogP contribution in [-0.2, 0) is 20.9 Å². The number of nitro groups is 1. The molecule has 10 nitrogen and oxygen atoms in total. The predicted molar refractivity (Wildman–Crippen MR) is 79.2 cm³/mol. The van der Waals surface area contributed by atoms with Gasteiger partial charge < -0.3 is 24.9 Å². The van der Waals surface area contributed by atoms with Crippen LogP contribution in [0.4, 0.5) is 5.82 Å². The number of rotatable bonds is 4. The minimum atomic E-state index is -0.954. The van der Waals surface area contributed by atoms with Crippen LogP contribution in [0, 0.1) is 28.4 Å². The number of aromatic nitrogens is 2. The second-order valence-electron chi connectivity index (χ2n) is 6.29. The third-order valence-electron chi connectivity index (χ3n) is 4.94. The van der Waals surface area contributed by atoms with Crippen molar-refractivity contribution in [2.45, 2.75) is 19.9 Å². The summed E-state index contributed by atoms with van der Waals surface area (Å²) in [5.74, 6) is -1.36. The SMILES string of the molecule is Cc1nc([N+](=O)[O-])cn1CC(=O)N1C[C@H]2COCC[C@@]2(C(=O)O)C1. The molecule has 0 unspecified atom stereocenters. The molecule has 0 aromatic carbocycles. The van der Waals surface area contributed by atoms with Crippen LogP contribution in [0.5, 0.6) is 0 Å². The Morgan fingerprint density at radius 2 is 2.33 bits per heavy atom. The lowest BCUT2D eigenvalue weighted by molar-refractivity contribution is -0.389. The Bertz CT molecular complexity index is 701. The Labute approximate surface area is 137 Å². The molecular formula is C14H18N4O6. The van der Waals surface area contributed by atoms with Gasteiger partial charge in [0.25, 0.3) is 0 Å². The molecule has 130 valence electrons. The molecule has 24 heavy (non-hydrogen) atoms. The first kappa shape index (κ1) is 16.4. The van der Waals surface area contributed by atoms with Crippen molar-refractivity contribution in [3.63, 3.8) is 0 Å². The van der Waals surface area contributed by atoms with Crippen molar-refractivity contribution in [3.05, 3.63) is 22.1 Å². The zero-order valence-electron chi connectivity index (χ0n) is 13.2. The van der Waals surface area contributed by atoms with Gasteiger partial charge in [-0.3, -0.25) is 14.2 Å². The number of nitrogens with zero attached hydrogens (tertiary/aromatic N) is 4. The molecule has 0 saturated carbocycles. The Hall–Kier alpha value is -2.49. The fraction of sp³-hybridized carbons (Fsp3) is 0.643. The van der Waals surface area contributed by atoms with Crippen LogP contribution in [0.3, 0.4) is 0 Å². The molecule has 0 spiro atoms. The summed E-state index contributed by atoms with van der Waals surface area (Å²) in [6.07, 6.45) is 1.60. The van der Waals surface area contributed by atoms with E-state index in [1.54, 1.807) is 6.92 Å². The molecule has 2 atom stereocenters. The highest BCUT2D eigenvalue weighted by Gasteiger charge is 2.54. The lowest BCUT2D eigenvalue weighted by Gasteiger charge is -2.33. The number of carbonyl (C=O) groups excluding carboxylic acids is 1. The van der Waals surface area contributed by atoms with Crippen LogP contribution < -0.4 is 0 Å². The number of ether oxygens (including phenoxy) is 1. The van der Waals surface area contributed by atoms with E-state index in [0.717, 1.165) is 0 Å². The van der Waals surface area contributed by atoms with E-state index in [0.29, 0.717) is 32.0 Å². The number of carboxylic acid groups (broad SMARTS) is 1. The van der Waals surface area contributed by atoms with Gasteiger partial charge >= 0.3 is 11.8 Å². The number of likely N-dealkylation sites (tertiary alicyclic amines) is 1. The van der Waals surface area contributed by atoms with E-state index in [2.05, 4.69) is 4.98 Å². The fourth-order valence-corrected chi connectivity index (χ4v) is 3.47. The summed E-state index contributed by atoms with van der Waals surface area (Å²) >= 11 is 0. The molecule has 3 rings (SSSR count). The summed E-state index contributed by atoms with van der Waals surface area (Å²) in [6, 6.07) is 0. The maximum Gasteiger partial charge on any atom is 0.381 e. The van der Waals surface area contributed by atoms with Crippen LogP contribution in [0.1, 0.15) is 12.2 Å². The Morgan fingerprint density at radius 3 is 2.92 bits per heavy atom. The average Bonchev–Trinajstić information content (AvgIpc) is 3.09. The van der Waals surface area contributed by atoms with E-state index in [9.17, 15) is 24.8 Å². The van der Waals surface area contributed by atoms with Crippen molar-refractivity contribution in [1.82, 2.24) is 14.5 Å². The predicted octanol–water partition coefficient (Wildman–Crippen LogP) is 0.0494. The van der Waals surface area contributed by atoms with Crippen molar-refractivity contribution in [2.24, 2.45) is 11.3 Å². The zero-order valence-corrected chi connectivity index (χ0v) is 13.2. The summed E-state index contributed by atoms with van der Waals surface area (Å²) in [5.41, 5.74) is -0.954. The van der Waals surface area contributed by atoms with Crippen LogP contribution >= 0.6 is 0 Å². The maximum atomic E-state index is 12.5. The van der Waals surface area contributed by atoms with Crippen LogP contribution in [0.15, 0.2) is 6.20 Å². The lowest BCUT2D eigenvalue weighted by Crippen LogP contribution is -2.45. The molecule has 0 radical (unpaired) electrons. The van der Waals surface area contributed by atoms with Gasteiger partial charge in [0, 0.05) is 32.5 Å². The molecule has 2 aliphatic heterocycles. The number of fused-ring (bicyclic) bond motifs is 1. The molecule has 1 amide bonds. The largest absolute Gasteiger partial charge is 0.481 e. The van der Waals surface area contributed by atoms with Gasteiger partial charge in [0.1, 0.15) is 12.7 Å². The van der Waals surface area contributed by atoms with Crippen LogP contribution in [-0.4, -0.2) is 62.7 Å². The number of hydrogen-bond donors (Lipinski definition) is 1. The number of hydrogen-bond acceptors (Lipinski definition) is 6. The van der Waals surface area contributed by atoms with E-state index >= 15 is 0 Å². The normalized spacial score (nSPS) is 26.2. The highest BCUT2D eigenvalue weighted by Crippen LogP contribution is 2.42. The van der Waals surface area contributed by atoms with Gasteiger partial charge in [-0.05, 0) is 16.3 Å². The molecule has 2 aliphatic rings. The van der Waals surface area contributed by atoms with Crippen molar-refractivity contribution in [1.29, 1.82) is 0 Å². The van der Waals surface area contributed by atoms with Crippen molar-refractivity contribution < 1.29 is 24.4 Å². The van der Waals surface area contributed by atoms with Gasteiger partial charge in [-0.25, -0.2) is 0 Å². The molecule has 3 heterocycles. The summed E-state index contributed by atoms with van der Waals surface area (Å²) in [4.78, 5) is 39.7. The monoisotopic (exact) mass is 338 g/mol. The smallest absolute Gasteiger partial charge is 0.381 e. The van der Waals surface area contributed by atoms with Gasteiger partial charge in [0.2, 0.25) is 11.7 Å². The quantitative estimate of drug-likeness (QED) is 0.607. The van der Waals surface area contributed by atoms with Gasteiger partial charge in [-0.15, -0.1) is 0 Å². The van der Waals surface area contributed by atoms with E-state index < -0.39 is 16.3 Å². The van der Waals surface area contributed by atoms with Gasteiger partial charge in [-0.2, -0.15) is 0 Å². The standard InChI is InChI=1S/C14H18N4O6/c1-9-15-11(18(22)23)5-16(9)6-12(19)17-4-10-7-24-3-2-14(10,8-17)13(20)21/h5,10H,2-4,6-8H2,1H3,(H,20,21)/t10-,14+/m0/s1. The highest BCUT2D eigenvalue weighted by molar-refractivity contribution is 5.81. The molecule has 2 fully saturated rings. The number of imidazole rings is 1. The minimum absolute atomic E-state index is 0.101. The lowest BCUT2D eigenvalue weighted by atomic mass is 9.74. The minimum Gasteiger partial charge on any atom is -0.481 e. The molecule has 0 aliphatic carbocycles. The third kappa shape index (κ3) is 2.62. The molecule has 2 saturated heterocycles. The Balaban J connectivity index is 1.75. The number of carbonyl (C=O) groups is 2. The fourth-order valence-electron chi connectivity index (χ4n) is 3.47. The zero-order chi connectivity index (χ0) is 17.5. The molecule has 1 aromatic rings. The van der Waals surface area contributed by atoms with Gasteiger partial charge in [-0.1, -0.05) is 0 Å². The molecule has 1 N–H and O–H groups in total. The van der Waals surface area contributed by atoms with Crippen LogP contribution in [0.25, 0.3) is 0 Å². The maximum absolute atomic E-state index is 12.5. The molecular weight excluding hydrogens is 320 g/mol. The second-order valence-corrected chi connectivity index (χ2v) is 6.29. The topological polar surface area (TPSA) is 128 Å². The third-order valence-corrected chi connectivity index (χ3v) is 4.94. The van der Waals surface area contributed by atoms with Crippen molar-refractivity contribution in [2.75, 3.05) is 26.3 Å². The summed E-state index contributed by atoms with van der Waals surface area (Å²) in [5, 5.41) is 20.4. The van der Waals surface area contributed by atoms with E-state index in [1.165, 1.54) is 15.7 Å². The van der Waals surface area contributed by atoms with Crippen LogP contribution in [0.2, 0.25) is 0 Å². The number of aliphatic carboxylic acids is 1. The summed E-state index contributed by atoms with van der Waals surface area (Å²) in [7, 11) is 0. The number of amides is 1. The average molecular weight is 338 g/mol. The summed E-state index contributed by atoms with van der Waals surface area (Å²) < 4.78 is 6.77. The Morgan fingerprint density at radius 1 is 1.58 bits per heavy atom. The van der Waals surface area contributed by atoms with Crippen molar-refractivity contribution >= 4 is 17.7 Å². The number of carboxylic acids is 1. The first-order valence-corrected chi connectivity index (χ1v) is 7.60. The first-order chi connectivity index (χ1) is 11.3. The Kier molecular flexibility index (Phi) is 3.99. The molecule has 10 heteroatoms. The van der Waals surface area contributed by atoms with E-state index in [1.807, 2.05) is 0 Å². The van der Waals surface area contributed by atoms with Gasteiger partial charge in [0.15, 0.2) is 0 Å². The molecule has 1 aromatic heterocycles. The number of aryl methyl sites for hydroxylation is 1. The first-order valence-electron chi connectivity index (χ1n) is 7.60. The van der Waals surface area contributed by atoms with Crippen molar-refractivity contribution in [3.8, 4) is 0 Å². The van der Waals surface area contributed by atoms with E-state index in [-0.39, 0.29) is 30.7 Å². The highest BCUT2D eigenvalue weighted by atomic mass is 16.6.